The maximum absolute atomic E-state index is 11.4. The molecular weight excluding hydrogens is 198 g/mol. The van der Waals surface area contributed by atoms with Crippen LogP contribution in [-0.2, 0) is 4.79 Å². The fourth-order valence-corrected chi connectivity index (χ4v) is 1.00. The highest BCUT2D eigenvalue weighted by Crippen LogP contribution is 2.15. The van der Waals surface area contributed by atoms with E-state index in [-0.39, 0.29) is 11.3 Å². The molecule has 0 fully saturated rings. The molecule has 0 spiro atoms. The zero-order valence-electron chi connectivity index (χ0n) is 8.10. The van der Waals surface area contributed by atoms with E-state index in [2.05, 4.69) is 5.32 Å². The predicted octanol–water partition coefficient (Wildman–Crippen LogP) is 0.595. The molecule has 3 N–H and O–H groups in total. The SMILES string of the molecule is CC(NC(=O)c1ccccc1O)C(=O)O. The number of carboxylic acid groups (broad SMARTS) is 1. The second-order valence-corrected chi connectivity index (χ2v) is 3.05. The van der Waals surface area contributed by atoms with Crippen LogP contribution in [0.4, 0.5) is 0 Å². The molecule has 0 radical (unpaired) electrons. The van der Waals surface area contributed by atoms with Gasteiger partial charge < -0.3 is 15.5 Å². The third-order valence-corrected chi connectivity index (χ3v) is 1.87. The Morgan fingerprint density at radius 1 is 1.33 bits per heavy atom. The molecule has 5 heteroatoms. The summed E-state index contributed by atoms with van der Waals surface area (Å²) in [7, 11) is 0. The first-order valence-electron chi connectivity index (χ1n) is 4.34. The number of aromatic hydroxyl groups is 1. The molecule has 0 saturated heterocycles. The van der Waals surface area contributed by atoms with Crippen LogP contribution in [0.1, 0.15) is 17.3 Å². The Kier molecular flexibility index (Phi) is 3.28. The third-order valence-electron chi connectivity index (χ3n) is 1.87. The van der Waals surface area contributed by atoms with Gasteiger partial charge in [-0.2, -0.15) is 0 Å². The van der Waals surface area contributed by atoms with Gasteiger partial charge in [-0.1, -0.05) is 12.1 Å². The summed E-state index contributed by atoms with van der Waals surface area (Å²) in [5.74, 6) is -1.91. The van der Waals surface area contributed by atoms with Crippen molar-refractivity contribution in [1.29, 1.82) is 0 Å². The number of hydrogen-bond donors (Lipinski definition) is 3. The molecule has 80 valence electrons. The van der Waals surface area contributed by atoms with Gasteiger partial charge in [0.2, 0.25) is 0 Å². The summed E-state index contributed by atoms with van der Waals surface area (Å²) in [4.78, 5) is 21.9. The Bertz CT molecular complexity index is 389. The van der Waals surface area contributed by atoms with E-state index < -0.39 is 17.9 Å². The van der Waals surface area contributed by atoms with E-state index in [4.69, 9.17) is 5.11 Å². The van der Waals surface area contributed by atoms with Crippen LogP contribution >= 0.6 is 0 Å². The second kappa shape index (κ2) is 4.45. The average Bonchev–Trinajstić information content (AvgIpc) is 2.18. The number of hydrogen-bond acceptors (Lipinski definition) is 3. The van der Waals surface area contributed by atoms with Crippen LogP contribution in [0, 0.1) is 0 Å². The van der Waals surface area contributed by atoms with Gasteiger partial charge in [0.1, 0.15) is 11.8 Å². The van der Waals surface area contributed by atoms with Crippen molar-refractivity contribution in [3.05, 3.63) is 29.8 Å². The van der Waals surface area contributed by atoms with Crippen molar-refractivity contribution in [3.63, 3.8) is 0 Å². The van der Waals surface area contributed by atoms with Crippen molar-refractivity contribution in [1.82, 2.24) is 5.32 Å². The van der Waals surface area contributed by atoms with Gasteiger partial charge in [0.15, 0.2) is 0 Å². The molecule has 1 rings (SSSR count). The van der Waals surface area contributed by atoms with Crippen molar-refractivity contribution in [3.8, 4) is 5.75 Å². The number of carbonyl (C=O) groups excluding carboxylic acids is 1. The van der Waals surface area contributed by atoms with E-state index in [1.54, 1.807) is 12.1 Å². The molecule has 0 bridgehead atoms. The highest BCUT2D eigenvalue weighted by molar-refractivity contribution is 5.98. The molecule has 1 aromatic carbocycles. The predicted molar refractivity (Wildman–Crippen MR) is 52.7 cm³/mol. The summed E-state index contributed by atoms with van der Waals surface area (Å²) < 4.78 is 0. The lowest BCUT2D eigenvalue weighted by Gasteiger charge is -2.09. The smallest absolute Gasteiger partial charge is 0.325 e. The highest BCUT2D eigenvalue weighted by Gasteiger charge is 2.16. The van der Waals surface area contributed by atoms with E-state index in [0.29, 0.717) is 0 Å². The number of benzene rings is 1. The molecule has 15 heavy (non-hydrogen) atoms. The number of amides is 1. The van der Waals surface area contributed by atoms with Gasteiger partial charge in [-0.05, 0) is 19.1 Å². The molecule has 0 aromatic heterocycles. The van der Waals surface area contributed by atoms with E-state index in [9.17, 15) is 14.7 Å². The van der Waals surface area contributed by atoms with Gasteiger partial charge in [-0.25, -0.2) is 0 Å². The Morgan fingerprint density at radius 3 is 2.47 bits per heavy atom. The molecule has 0 aliphatic heterocycles. The number of carbonyl (C=O) groups is 2. The Balaban J connectivity index is 2.78. The molecule has 1 atom stereocenters. The zero-order chi connectivity index (χ0) is 11.4. The minimum atomic E-state index is -1.13. The molecule has 1 aromatic rings. The second-order valence-electron chi connectivity index (χ2n) is 3.05. The van der Waals surface area contributed by atoms with E-state index >= 15 is 0 Å². The summed E-state index contributed by atoms with van der Waals surface area (Å²) in [6.45, 7) is 1.35. The topological polar surface area (TPSA) is 86.6 Å². The lowest BCUT2D eigenvalue weighted by atomic mass is 10.2. The number of rotatable bonds is 3. The Morgan fingerprint density at radius 2 is 1.93 bits per heavy atom. The quantitative estimate of drug-likeness (QED) is 0.680. The first-order valence-corrected chi connectivity index (χ1v) is 4.34. The van der Waals surface area contributed by atoms with Crippen LogP contribution in [0.15, 0.2) is 24.3 Å². The minimum absolute atomic E-state index is 0.0607. The molecule has 0 aliphatic rings. The molecule has 0 saturated carbocycles. The summed E-state index contributed by atoms with van der Waals surface area (Å²) in [6.07, 6.45) is 0. The lowest BCUT2D eigenvalue weighted by Crippen LogP contribution is -2.38. The largest absolute Gasteiger partial charge is 0.507 e. The number of carboxylic acids is 1. The Hall–Kier alpha value is -2.04. The van der Waals surface area contributed by atoms with Crippen LogP contribution in [0.3, 0.4) is 0 Å². The summed E-state index contributed by atoms with van der Waals surface area (Å²) in [6, 6.07) is 4.95. The first kappa shape index (κ1) is 11.0. The summed E-state index contributed by atoms with van der Waals surface area (Å²) in [5.41, 5.74) is 0.0607. The van der Waals surface area contributed by atoms with E-state index in [0.717, 1.165) is 0 Å². The number of aliphatic carboxylic acids is 1. The van der Waals surface area contributed by atoms with Crippen LogP contribution < -0.4 is 5.32 Å². The number of nitrogens with one attached hydrogen (secondary N) is 1. The van der Waals surface area contributed by atoms with Gasteiger partial charge in [-0.15, -0.1) is 0 Å². The van der Waals surface area contributed by atoms with E-state index in [1.165, 1.54) is 19.1 Å². The number of para-hydroxylation sites is 1. The van der Waals surface area contributed by atoms with Crippen molar-refractivity contribution in [2.45, 2.75) is 13.0 Å². The normalized spacial score (nSPS) is 11.8. The maximum Gasteiger partial charge on any atom is 0.325 e. The van der Waals surface area contributed by atoms with E-state index in [1.807, 2.05) is 0 Å². The molecule has 5 nitrogen and oxygen atoms in total. The fourth-order valence-electron chi connectivity index (χ4n) is 1.00. The van der Waals surface area contributed by atoms with Gasteiger partial charge in [-0.3, -0.25) is 9.59 Å². The van der Waals surface area contributed by atoms with Crippen molar-refractivity contribution >= 4 is 11.9 Å². The molecule has 1 unspecified atom stereocenters. The zero-order valence-corrected chi connectivity index (χ0v) is 8.10. The summed E-state index contributed by atoms with van der Waals surface area (Å²) in [5, 5.41) is 20.1. The van der Waals surface area contributed by atoms with Crippen LogP contribution in [-0.4, -0.2) is 28.1 Å². The van der Waals surface area contributed by atoms with Gasteiger partial charge in [0, 0.05) is 0 Å². The maximum atomic E-state index is 11.4. The average molecular weight is 209 g/mol. The van der Waals surface area contributed by atoms with Crippen molar-refractivity contribution < 1.29 is 19.8 Å². The van der Waals surface area contributed by atoms with Gasteiger partial charge in [0.05, 0.1) is 5.56 Å². The van der Waals surface area contributed by atoms with Gasteiger partial charge in [0.25, 0.3) is 5.91 Å². The molecular formula is C10H11NO4. The molecule has 0 heterocycles. The van der Waals surface area contributed by atoms with Crippen molar-refractivity contribution in [2.75, 3.05) is 0 Å². The highest BCUT2D eigenvalue weighted by atomic mass is 16.4. The number of phenolic OH excluding ortho intramolecular Hbond substituents is 1. The lowest BCUT2D eigenvalue weighted by molar-refractivity contribution is -0.138. The molecule has 1 amide bonds. The summed E-state index contributed by atoms with van der Waals surface area (Å²) >= 11 is 0. The van der Waals surface area contributed by atoms with Crippen molar-refractivity contribution in [2.24, 2.45) is 0 Å². The molecule has 0 aliphatic carbocycles. The van der Waals surface area contributed by atoms with Crippen LogP contribution in [0.25, 0.3) is 0 Å². The third kappa shape index (κ3) is 2.70. The Labute approximate surface area is 86.4 Å². The fraction of sp³-hybridized carbons (Fsp3) is 0.200. The minimum Gasteiger partial charge on any atom is -0.507 e. The van der Waals surface area contributed by atoms with Gasteiger partial charge >= 0.3 is 5.97 Å². The standard InChI is InChI=1S/C10H11NO4/c1-6(10(14)15)11-9(13)7-4-2-3-5-8(7)12/h2-6,12H,1H3,(H,11,13)(H,14,15). The van der Waals surface area contributed by atoms with Crippen LogP contribution in [0.5, 0.6) is 5.75 Å². The monoisotopic (exact) mass is 209 g/mol. The first-order chi connectivity index (χ1) is 7.02. The van der Waals surface area contributed by atoms with Crippen LogP contribution in [0.2, 0.25) is 0 Å². The number of phenols is 1.